The van der Waals surface area contributed by atoms with E-state index in [2.05, 4.69) is 26.9 Å². The van der Waals surface area contributed by atoms with Crippen molar-refractivity contribution in [2.75, 3.05) is 12.4 Å². The second-order valence-corrected chi connectivity index (χ2v) is 6.19. The van der Waals surface area contributed by atoms with Crippen molar-refractivity contribution >= 4 is 11.8 Å². The van der Waals surface area contributed by atoms with E-state index in [1.807, 2.05) is 55.6 Å². The van der Waals surface area contributed by atoms with E-state index in [0.717, 1.165) is 28.9 Å². The SMILES string of the molecule is Cn1c(Cc2ccccc2)nnc1SCCOc1ccccc1. The number of thioether (sulfide) groups is 1. The van der Waals surface area contributed by atoms with Crippen LogP contribution in [0.5, 0.6) is 5.75 Å². The fourth-order valence-corrected chi connectivity index (χ4v) is 2.96. The fourth-order valence-electron chi connectivity index (χ4n) is 2.21. The molecule has 0 bridgehead atoms. The molecule has 2 aromatic carbocycles. The van der Waals surface area contributed by atoms with E-state index < -0.39 is 0 Å². The molecule has 23 heavy (non-hydrogen) atoms. The minimum absolute atomic E-state index is 0.648. The first-order chi connectivity index (χ1) is 11.3. The molecule has 5 heteroatoms. The van der Waals surface area contributed by atoms with Crippen molar-refractivity contribution in [2.24, 2.45) is 7.05 Å². The average Bonchev–Trinajstić information content (AvgIpc) is 2.94. The summed E-state index contributed by atoms with van der Waals surface area (Å²) in [5, 5.41) is 9.50. The number of hydrogen-bond acceptors (Lipinski definition) is 4. The third kappa shape index (κ3) is 4.36. The Hall–Kier alpha value is -2.27. The molecule has 4 nitrogen and oxygen atoms in total. The zero-order valence-corrected chi connectivity index (χ0v) is 13.9. The summed E-state index contributed by atoms with van der Waals surface area (Å²) in [6, 6.07) is 20.2. The second-order valence-electron chi connectivity index (χ2n) is 5.13. The van der Waals surface area contributed by atoms with Crippen molar-refractivity contribution < 1.29 is 4.74 Å². The van der Waals surface area contributed by atoms with Crippen LogP contribution in [-0.4, -0.2) is 27.1 Å². The molecule has 1 aromatic heterocycles. The molecule has 3 rings (SSSR count). The first-order valence-corrected chi connectivity index (χ1v) is 8.54. The maximum atomic E-state index is 5.69. The molecule has 1 heterocycles. The molecule has 0 aliphatic carbocycles. The van der Waals surface area contributed by atoms with E-state index in [1.165, 1.54) is 5.56 Å². The third-order valence-electron chi connectivity index (χ3n) is 3.46. The van der Waals surface area contributed by atoms with Crippen LogP contribution in [0.15, 0.2) is 65.8 Å². The summed E-state index contributed by atoms with van der Waals surface area (Å²) in [5.41, 5.74) is 1.24. The molecule has 0 radical (unpaired) electrons. The zero-order valence-electron chi connectivity index (χ0n) is 13.1. The third-order valence-corrected chi connectivity index (χ3v) is 4.44. The Morgan fingerprint density at radius 1 is 0.957 bits per heavy atom. The monoisotopic (exact) mass is 325 g/mol. The maximum absolute atomic E-state index is 5.69. The first kappa shape index (κ1) is 15.6. The van der Waals surface area contributed by atoms with Gasteiger partial charge in [0.1, 0.15) is 11.6 Å². The molecule has 0 saturated carbocycles. The van der Waals surface area contributed by atoms with Crippen LogP contribution >= 0.6 is 11.8 Å². The Labute approximate surface area is 140 Å². The Morgan fingerprint density at radius 3 is 2.39 bits per heavy atom. The molecule has 0 spiro atoms. The van der Waals surface area contributed by atoms with Crippen molar-refractivity contribution in [3.8, 4) is 5.75 Å². The van der Waals surface area contributed by atoms with Gasteiger partial charge in [-0.1, -0.05) is 60.3 Å². The molecule has 0 atom stereocenters. The second kappa shape index (κ2) is 7.83. The highest BCUT2D eigenvalue weighted by Gasteiger charge is 2.09. The summed E-state index contributed by atoms with van der Waals surface area (Å²) in [6.45, 7) is 0.648. The van der Waals surface area contributed by atoms with Gasteiger partial charge in [-0.2, -0.15) is 0 Å². The van der Waals surface area contributed by atoms with Crippen LogP contribution in [0.2, 0.25) is 0 Å². The van der Waals surface area contributed by atoms with Crippen LogP contribution in [0.25, 0.3) is 0 Å². The molecule has 0 unspecified atom stereocenters. The molecule has 118 valence electrons. The molecule has 0 amide bonds. The van der Waals surface area contributed by atoms with Gasteiger partial charge in [-0.25, -0.2) is 0 Å². The summed E-state index contributed by atoms with van der Waals surface area (Å²) in [7, 11) is 2.01. The lowest BCUT2D eigenvalue weighted by atomic mass is 10.1. The van der Waals surface area contributed by atoms with E-state index in [0.29, 0.717) is 6.61 Å². The van der Waals surface area contributed by atoms with Gasteiger partial charge >= 0.3 is 0 Å². The highest BCUT2D eigenvalue weighted by Crippen LogP contribution is 2.18. The molecular weight excluding hydrogens is 306 g/mol. The summed E-state index contributed by atoms with van der Waals surface area (Å²) in [6.07, 6.45) is 0.797. The van der Waals surface area contributed by atoms with Crippen molar-refractivity contribution in [3.05, 3.63) is 72.1 Å². The molecule has 0 fully saturated rings. The summed E-state index contributed by atoms with van der Waals surface area (Å²) in [4.78, 5) is 0. The van der Waals surface area contributed by atoms with Gasteiger partial charge in [-0.3, -0.25) is 0 Å². The maximum Gasteiger partial charge on any atom is 0.191 e. The quantitative estimate of drug-likeness (QED) is 0.492. The lowest BCUT2D eigenvalue weighted by molar-refractivity contribution is 0.344. The van der Waals surface area contributed by atoms with Crippen LogP contribution in [0.3, 0.4) is 0 Å². The van der Waals surface area contributed by atoms with Gasteiger partial charge in [0.25, 0.3) is 0 Å². The van der Waals surface area contributed by atoms with Gasteiger partial charge in [-0.05, 0) is 17.7 Å². The number of benzene rings is 2. The van der Waals surface area contributed by atoms with Gasteiger partial charge < -0.3 is 9.30 Å². The topological polar surface area (TPSA) is 39.9 Å². The summed E-state index contributed by atoms with van der Waals surface area (Å²) in [5.74, 6) is 2.71. The van der Waals surface area contributed by atoms with Gasteiger partial charge in [-0.15, -0.1) is 10.2 Å². The van der Waals surface area contributed by atoms with Crippen molar-refractivity contribution in [2.45, 2.75) is 11.6 Å². The number of rotatable bonds is 7. The molecule has 0 aliphatic rings. The molecule has 0 aliphatic heterocycles. The van der Waals surface area contributed by atoms with Crippen LogP contribution in [0, 0.1) is 0 Å². The Balaban J connectivity index is 1.51. The van der Waals surface area contributed by atoms with Gasteiger partial charge in [0.05, 0.1) is 6.61 Å². The highest BCUT2D eigenvalue weighted by atomic mass is 32.2. The van der Waals surface area contributed by atoms with E-state index in [4.69, 9.17) is 4.74 Å². The van der Waals surface area contributed by atoms with Crippen LogP contribution in [0.4, 0.5) is 0 Å². The summed E-state index contributed by atoms with van der Waals surface area (Å²) < 4.78 is 7.75. The first-order valence-electron chi connectivity index (χ1n) is 7.56. The van der Waals surface area contributed by atoms with Crippen molar-refractivity contribution in [1.82, 2.24) is 14.8 Å². The molecule has 3 aromatic rings. The highest BCUT2D eigenvalue weighted by molar-refractivity contribution is 7.99. The predicted octanol–water partition coefficient (Wildman–Crippen LogP) is 3.58. The molecule has 0 saturated heterocycles. The van der Waals surface area contributed by atoms with Crippen molar-refractivity contribution in [1.29, 1.82) is 0 Å². The Kier molecular flexibility index (Phi) is 5.32. The number of para-hydroxylation sites is 1. The average molecular weight is 325 g/mol. The fraction of sp³-hybridized carbons (Fsp3) is 0.222. The van der Waals surface area contributed by atoms with E-state index in [-0.39, 0.29) is 0 Å². The smallest absolute Gasteiger partial charge is 0.191 e. The summed E-state index contributed by atoms with van der Waals surface area (Å²) >= 11 is 1.66. The Morgan fingerprint density at radius 2 is 1.65 bits per heavy atom. The normalized spacial score (nSPS) is 10.7. The zero-order chi connectivity index (χ0) is 15.9. The van der Waals surface area contributed by atoms with Crippen LogP contribution < -0.4 is 4.74 Å². The van der Waals surface area contributed by atoms with Crippen molar-refractivity contribution in [3.63, 3.8) is 0 Å². The van der Waals surface area contributed by atoms with E-state index in [1.54, 1.807) is 11.8 Å². The van der Waals surface area contributed by atoms with E-state index in [9.17, 15) is 0 Å². The van der Waals surface area contributed by atoms with Crippen LogP contribution in [-0.2, 0) is 13.5 Å². The lowest BCUT2D eigenvalue weighted by Gasteiger charge is -2.06. The minimum Gasteiger partial charge on any atom is -0.493 e. The number of nitrogens with zero attached hydrogens (tertiary/aromatic N) is 3. The standard InChI is InChI=1S/C18H19N3OS/c1-21-17(14-15-8-4-2-5-9-15)19-20-18(21)23-13-12-22-16-10-6-3-7-11-16/h2-11H,12-14H2,1H3. The van der Waals surface area contributed by atoms with E-state index >= 15 is 0 Å². The largest absolute Gasteiger partial charge is 0.493 e. The predicted molar refractivity (Wildman–Crippen MR) is 92.9 cm³/mol. The molecule has 0 N–H and O–H groups in total. The number of aromatic nitrogens is 3. The minimum atomic E-state index is 0.648. The number of hydrogen-bond donors (Lipinski definition) is 0. The van der Waals surface area contributed by atoms with Gasteiger partial charge in [0.2, 0.25) is 0 Å². The van der Waals surface area contributed by atoms with Gasteiger partial charge in [0, 0.05) is 19.2 Å². The number of ether oxygens (including phenoxy) is 1. The lowest BCUT2D eigenvalue weighted by Crippen LogP contribution is -2.03. The van der Waals surface area contributed by atoms with Gasteiger partial charge in [0.15, 0.2) is 5.16 Å². The Bertz CT molecular complexity index is 729. The molecular formula is C18H19N3OS. The van der Waals surface area contributed by atoms with Crippen LogP contribution in [0.1, 0.15) is 11.4 Å².